The number of hydrogen-bond donors (Lipinski definition) is 0. The van der Waals surface area contributed by atoms with E-state index in [1.807, 2.05) is 6.92 Å². The fourth-order valence-electron chi connectivity index (χ4n) is 3.60. The standard InChI is InChI=1S/C15H29NO2/c1-8-15(12(17)18-9-2)10-13(3,4)16(7)14(5,6)11-15/h8-11H2,1-7H3. The molecule has 3 heteroatoms. The molecule has 1 aliphatic heterocycles. The molecule has 106 valence electrons. The van der Waals surface area contributed by atoms with Crippen molar-refractivity contribution in [3.8, 4) is 0 Å². The molecule has 1 saturated heterocycles. The first-order valence-electron chi connectivity index (χ1n) is 7.02. The summed E-state index contributed by atoms with van der Waals surface area (Å²) >= 11 is 0. The summed E-state index contributed by atoms with van der Waals surface area (Å²) < 4.78 is 5.34. The van der Waals surface area contributed by atoms with Crippen LogP contribution in [0.25, 0.3) is 0 Å². The molecule has 3 nitrogen and oxygen atoms in total. The predicted octanol–water partition coefficient (Wildman–Crippen LogP) is 3.23. The molecular formula is C15H29NO2. The highest BCUT2D eigenvalue weighted by molar-refractivity contribution is 5.77. The van der Waals surface area contributed by atoms with E-state index in [0.717, 1.165) is 19.3 Å². The van der Waals surface area contributed by atoms with Gasteiger partial charge in [-0.3, -0.25) is 9.69 Å². The quantitative estimate of drug-likeness (QED) is 0.725. The molecule has 0 aromatic rings. The first-order valence-corrected chi connectivity index (χ1v) is 7.02. The molecule has 0 N–H and O–H groups in total. The number of ether oxygens (including phenoxy) is 1. The summed E-state index contributed by atoms with van der Waals surface area (Å²) in [6.07, 6.45) is 2.59. The molecule has 18 heavy (non-hydrogen) atoms. The lowest BCUT2D eigenvalue weighted by Crippen LogP contribution is -2.63. The fourth-order valence-corrected chi connectivity index (χ4v) is 3.60. The second-order valence-corrected chi connectivity index (χ2v) is 6.89. The van der Waals surface area contributed by atoms with Gasteiger partial charge in [-0.1, -0.05) is 6.92 Å². The Balaban J connectivity index is 3.11. The van der Waals surface area contributed by atoms with Crippen molar-refractivity contribution in [1.29, 1.82) is 0 Å². The normalized spacial score (nSPS) is 25.7. The van der Waals surface area contributed by atoms with Crippen LogP contribution in [0.1, 0.15) is 60.8 Å². The Morgan fingerprint density at radius 3 is 1.89 bits per heavy atom. The van der Waals surface area contributed by atoms with Gasteiger partial charge in [0.05, 0.1) is 12.0 Å². The maximum atomic E-state index is 12.4. The smallest absolute Gasteiger partial charge is 0.312 e. The second kappa shape index (κ2) is 4.84. The van der Waals surface area contributed by atoms with Crippen LogP contribution in [0.15, 0.2) is 0 Å². The molecule has 0 amide bonds. The van der Waals surface area contributed by atoms with Gasteiger partial charge in [0.1, 0.15) is 0 Å². The van der Waals surface area contributed by atoms with Crippen molar-refractivity contribution < 1.29 is 9.53 Å². The van der Waals surface area contributed by atoms with Crippen molar-refractivity contribution in [3.05, 3.63) is 0 Å². The van der Waals surface area contributed by atoms with E-state index in [9.17, 15) is 4.79 Å². The molecule has 0 atom stereocenters. The van der Waals surface area contributed by atoms with E-state index in [1.165, 1.54) is 0 Å². The van der Waals surface area contributed by atoms with Crippen molar-refractivity contribution >= 4 is 5.97 Å². The zero-order valence-electron chi connectivity index (χ0n) is 13.1. The molecule has 1 heterocycles. The van der Waals surface area contributed by atoms with Crippen LogP contribution in [0.4, 0.5) is 0 Å². The molecule has 0 saturated carbocycles. The van der Waals surface area contributed by atoms with Crippen molar-refractivity contribution in [3.63, 3.8) is 0 Å². The van der Waals surface area contributed by atoms with Crippen LogP contribution < -0.4 is 0 Å². The molecule has 1 fully saturated rings. The average molecular weight is 255 g/mol. The SMILES string of the molecule is CCOC(=O)C1(CC)CC(C)(C)N(C)C(C)(C)C1. The summed E-state index contributed by atoms with van der Waals surface area (Å²) in [6, 6.07) is 0. The monoisotopic (exact) mass is 255 g/mol. The fraction of sp³-hybridized carbons (Fsp3) is 0.933. The molecule has 1 rings (SSSR count). The Morgan fingerprint density at radius 1 is 1.11 bits per heavy atom. The predicted molar refractivity (Wildman–Crippen MR) is 74.5 cm³/mol. The number of esters is 1. The number of carbonyl (C=O) groups is 1. The van der Waals surface area contributed by atoms with Crippen molar-refractivity contribution in [1.82, 2.24) is 4.90 Å². The number of likely N-dealkylation sites (tertiary alicyclic amines) is 1. The van der Waals surface area contributed by atoms with Crippen molar-refractivity contribution in [2.24, 2.45) is 5.41 Å². The lowest BCUT2D eigenvalue weighted by atomic mass is 9.63. The maximum Gasteiger partial charge on any atom is 0.312 e. The number of piperidine rings is 1. The molecule has 1 aliphatic rings. The summed E-state index contributed by atoms with van der Waals surface area (Å²) in [4.78, 5) is 14.8. The van der Waals surface area contributed by atoms with E-state index in [-0.39, 0.29) is 22.5 Å². The van der Waals surface area contributed by atoms with Crippen molar-refractivity contribution in [2.45, 2.75) is 71.9 Å². The van der Waals surface area contributed by atoms with Crippen LogP contribution in [0, 0.1) is 5.41 Å². The van der Waals surface area contributed by atoms with Crippen LogP contribution in [0.5, 0.6) is 0 Å². The van der Waals surface area contributed by atoms with Gasteiger partial charge < -0.3 is 4.74 Å². The van der Waals surface area contributed by atoms with Gasteiger partial charge in [0.25, 0.3) is 0 Å². The number of hydrogen-bond acceptors (Lipinski definition) is 3. The summed E-state index contributed by atoms with van der Waals surface area (Å²) in [5.74, 6) is -0.0123. The summed E-state index contributed by atoms with van der Waals surface area (Å²) in [5, 5.41) is 0. The Kier molecular flexibility index (Phi) is 4.16. The third kappa shape index (κ3) is 2.56. The molecule has 0 radical (unpaired) electrons. The van der Waals surface area contributed by atoms with Gasteiger partial charge in [-0.25, -0.2) is 0 Å². The maximum absolute atomic E-state index is 12.4. The Bertz CT molecular complexity index is 302. The van der Waals surface area contributed by atoms with E-state index in [1.54, 1.807) is 0 Å². The van der Waals surface area contributed by atoms with Gasteiger partial charge in [0.2, 0.25) is 0 Å². The van der Waals surface area contributed by atoms with E-state index in [0.29, 0.717) is 6.61 Å². The van der Waals surface area contributed by atoms with Gasteiger partial charge in [0.15, 0.2) is 0 Å². The number of nitrogens with zero attached hydrogens (tertiary/aromatic N) is 1. The lowest BCUT2D eigenvalue weighted by molar-refractivity contribution is -0.169. The van der Waals surface area contributed by atoms with Gasteiger partial charge in [0, 0.05) is 11.1 Å². The van der Waals surface area contributed by atoms with Gasteiger partial charge in [-0.05, 0) is 60.9 Å². The van der Waals surface area contributed by atoms with Crippen LogP contribution in [0.3, 0.4) is 0 Å². The molecule has 0 spiro atoms. The highest BCUT2D eigenvalue weighted by atomic mass is 16.5. The zero-order chi connectivity index (χ0) is 14.2. The molecule has 0 bridgehead atoms. The molecule has 0 unspecified atom stereocenters. The van der Waals surface area contributed by atoms with E-state index in [4.69, 9.17) is 4.74 Å². The van der Waals surface area contributed by atoms with Crippen LogP contribution in [-0.4, -0.2) is 35.6 Å². The van der Waals surface area contributed by atoms with Gasteiger partial charge >= 0.3 is 5.97 Å². The minimum atomic E-state index is -0.324. The topological polar surface area (TPSA) is 29.5 Å². The molecule has 0 aromatic heterocycles. The summed E-state index contributed by atoms with van der Waals surface area (Å²) in [5.41, 5.74) is -0.287. The first kappa shape index (κ1) is 15.5. The van der Waals surface area contributed by atoms with Gasteiger partial charge in [-0.2, -0.15) is 0 Å². The van der Waals surface area contributed by atoms with Crippen LogP contribution >= 0.6 is 0 Å². The molecular weight excluding hydrogens is 226 g/mol. The van der Waals surface area contributed by atoms with Crippen LogP contribution in [0.2, 0.25) is 0 Å². The van der Waals surface area contributed by atoms with E-state index >= 15 is 0 Å². The molecule has 0 aromatic carbocycles. The van der Waals surface area contributed by atoms with Crippen molar-refractivity contribution in [2.75, 3.05) is 13.7 Å². The third-order valence-electron chi connectivity index (χ3n) is 4.74. The Hall–Kier alpha value is -0.570. The third-order valence-corrected chi connectivity index (χ3v) is 4.74. The second-order valence-electron chi connectivity index (χ2n) is 6.89. The minimum absolute atomic E-state index is 0.0123. The summed E-state index contributed by atoms with van der Waals surface area (Å²) in [6.45, 7) is 13.3. The van der Waals surface area contributed by atoms with Gasteiger partial charge in [-0.15, -0.1) is 0 Å². The Morgan fingerprint density at radius 2 is 1.56 bits per heavy atom. The highest BCUT2D eigenvalue weighted by Crippen LogP contribution is 2.49. The van der Waals surface area contributed by atoms with E-state index in [2.05, 4.69) is 46.6 Å². The zero-order valence-corrected chi connectivity index (χ0v) is 13.1. The summed E-state index contributed by atoms with van der Waals surface area (Å²) in [7, 11) is 2.16. The first-order chi connectivity index (χ1) is 8.11. The Labute approximate surface area is 112 Å². The molecule has 0 aliphatic carbocycles. The number of carbonyl (C=O) groups excluding carboxylic acids is 1. The largest absolute Gasteiger partial charge is 0.466 e. The van der Waals surface area contributed by atoms with Crippen LogP contribution in [-0.2, 0) is 9.53 Å². The highest BCUT2D eigenvalue weighted by Gasteiger charge is 2.54. The number of rotatable bonds is 3. The lowest BCUT2D eigenvalue weighted by Gasteiger charge is -2.57. The van der Waals surface area contributed by atoms with E-state index < -0.39 is 0 Å². The average Bonchev–Trinajstić information content (AvgIpc) is 2.25. The minimum Gasteiger partial charge on any atom is -0.466 e.